The fourth-order valence-corrected chi connectivity index (χ4v) is 1.02. The van der Waals surface area contributed by atoms with Crippen LogP contribution in [0.1, 0.15) is 0 Å². The summed E-state index contributed by atoms with van der Waals surface area (Å²) in [6.07, 6.45) is 13.4. The van der Waals surface area contributed by atoms with Crippen molar-refractivity contribution in [1.29, 1.82) is 0 Å². The van der Waals surface area contributed by atoms with Gasteiger partial charge in [-0.1, -0.05) is 12.2 Å². The smallest absolute Gasteiger partial charge is 0.222 e. The average Bonchev–Trinajstić information content (AvgIpc) is 2.21. The molecule has 0 saturated heterocycles. The summed E-state index contributed by atoms with van der Waals surface area (Å²) >= 11 is 0. The molecule has 2 aliphatic rings. The second kappa shape index (κ2) is 3.96. The summed E-state index contributed by atoms with van der Waals surface area (Å²) in [6.45, 7) is 0. The van der Waals surface area contributed by atoms with Crippen molar-refractivity contribution in [2.24, 2.45) is 0 Å². The summed E-state index contributed by atoms with van der Waals surface area (Å²) in [5.41, 5.74) is 0. The van der Waals surface area contributed by atoms with E-state index in [9.17, 15) is 0 Å². The Labute approximate surface area is 76.6 Å². The molecule has 2 rings (SSSR count). The third kappa shape index (κ3) is 2.23. The molecule has 0 spiro atoms. The predicted octanol–water partition coefficient (Wildman–Crippen LogP) is 1.86. The third-order valence-corrected chi connectivity index (χ3v) is 1.61. The molecule has 68 valence electrons. The van der Waals surface area contributed by atoms with Crippen LogP contribution >= 0.6 is 0 Å². The van der Waals surface area contributed by atoms with Gasteiger partial charge in [0.05, 0.1) is 12.5 Å². The van der Waals surface area contributed by atoms with Gasteiger partial charge in [-0.25, -0.2) is 0 Å². The molecule has 2 aliphatic heterocycles. The molecule has 0 fully saturated rings. The Bertz CT molecular complexity index is 248. The fraction of sp³-hybridized carbons (Fsp3) is 0.200. The van der Waals surface area contributed by atoms with E-state index in [1.807, 2.05) is 24.3 Å². The van der Waals surface area contributed by atoms with Gasteiger partial charge in [-0.2, -0.15) is 0 Å². The Morgan fingerprint density at radius 3 is 1.69 bits per heavy atom. The first-order chi connectivity index (χ1) is 6.45. The van der Waals surface area contributed by atoms with Crippen LogP contribution in [0.3, 0.4) is 0 Å². The predicted molar refractivity (Wildman–Crippen MR) is 47.4 cm³/mol. The van der Waals surface area contributed by atoms with E-state index >= 15 is 0 Å². The summed E-state index contributed by atoms with van der Waals surface area (Å²) in [6, 6.07) is 0. The molecule has 0 saturated carbocycles. The quantitative estimate of drug-likeness (QED) is 0.645. The Hall–Kier alpha value is -1.48. The van der Waals surface area contributed by atoms with E-state index < -0.39 is 0 Å². The molecule has 3 heteroatoms. The van der Waals surface area contributed by atoms with Gasteiger partial charge in [0.15, 0.2) is 0 Å². The van der Waals surface area contributed by atoms with Crippen LogP contribution in [0.4, 0.5) is 0 Å². The van der Waals surface area contributed by atoms with E-state index in [2.05, 4.69) is 0 Å². The van der Waals surface area contributed by atoms with Crippen LogP contribution in [0.25, 0.3) is 0 Å². The van der Waals surface area contributed by atoms with Crippen LogP contribution in [-0.2, 0) is 14.2 Å². The van der Waals surface area contributed by atoms with Gasteiger partial charge in [-0.15, -0.1) is 0 Å². The maximum Gasteiger partial charge on any atom is 0.222 e. The Kier molecular flexibility index (Phi) is 2.48. The van der Waals surface area contributed by atoms with Crippen LogP contribution in [0.5, 0.6) is 0 Å². The molecular weight excluding hydrogens is 168 g/mol. The Morgan fingerprint density at radius 1 is 0.769 bits per heavy atom. The van der Waals surface area contributed by atoms with E-state index in [4.69, 9.17) is 14.2 Å². The maximum atomic E-state index is 5.41. The third-order valence-electron chi connectivity index (χ3n) is 1.61. The van der Waals surface area contributed by atoms with Gasteiger partial charge in [-0.3, -0.25) is 4.74 Å². The van der Waals surface area contributed by atoms with Crippen molar-refractivity contribution >= 4 is 0 Å². The molecule has 3 nitrogen and oxygen atoms in total. The van der Waals surface area contributed by atoms with Gasteiger partial charge in [0.25, 0.3) is 0 Å². The lowest BCUT2D eigenvalue weighted by atomic mass is 10.4. The number of hydrogen-bond donors (Lipinski definition) is 0. The maximum absolute atomic E-state index is 5.41. The summed E-state index contributed by atoms with van der Waals surface area (Å²) in [5, 5.41) is 0. The van der Waals surface area contributed by atoms with Gasteiger partial charge in [0.1, 0.15) is 0 Å². The topological polar surface area (TPSA) is 27.7 Å². The zero-order chi connectivity index (χ0) is 8.93. The standard InChI is InChI=1S/C10H10O3/c1-3-7-11-9(5-1)13-10-6-2-4-8-12-10/h1-10H. The first-order valence-corrected chi connectivity index (χ1v) is 4.08. The highest BCUT2D eigenvalue weighted by molar-refractivity contribution is 5.07. The number of allylic oxidation sites excluding steroid dienone is 4. The van der Waals surface area contributed by atoms with Crippen LogP contribution in [-0.4, -0.2) is 12.6 Å². The summed E-state index contributed by atoms with van der Waals surface area (Å²) in [5.74, 6) is 0. The molecule has 2 atom stereocenters. The molecule has 0 aromatic rings. The minimum absolute atomic E-state index is 0.355. The van der Waals surface area contributed by atoms with E-state index in [1.165, 1.54) is 0 Å². The zero-order valence-corrected chi connectivity index (χ0v) is 7.00. The first kappa shape index (κ1) is 8.13. The van der Waals surface area contributed by atoms with Gasteiger partial charge < -0.3 is 9.47 Å². The van der Waals surface area contributed by atoms with E-state index in [1.54, 1.807) is 24.7 Å². The number of ether oxygens (including phenoxy) is 3. The highest BCUT2D eigenvalue weighted by Gasteiger charge is 2.13. The SMILES string of the molecule is C1=COC(OC2C=CC=CO2)C=C1. The molecule has 0 aliphatic carbocycles. The van der Waals surface area contributed by atoms with Crippen molar-refractivity contribution in [2.75, 3.05) is 0 Å². The second-order valence-electron chi connectivity index (χ2n) is 2.57. The molecule has 0 amide bonds. The molecule has 0 radical (unpaired) electrons. The van der Waals surface area contributed by atoms with Crippen molar-refractivity contribution in [3.63, 3.8) is 0 Å². The number of hydrogen-bond acceptors (Lipinski definition) is 3. The van der Waals surface area contributed by atoms with Crippen LogP contribution in [0, 0.1) is 0 Å². The minimum atomic E-state index is -0.355. The lowest BCUT2D eigenvalue weighted by Crippen LogP contribution is -2.22. The first-order valence-electron chi connectivity index (χ1n) is 4.08. The molecule has 2 unspecified atom stereocenters. The lowest BCUT2D eigenvalue weighted by Gasteiger charge is -2.21. The summed E-state index contributed by atoms with van der Waals surface area (Å²) in [7, 11) is 0. The molecule has 0 aromatic carbocycles. The van der Waals surface area contributed by atoms with Crippen LogP contribution in [0.2, 0.25) is 0 Å². The summed E-state index contributed by atoms with van der Waals surface area (Å²) in [4.78, 5) is 0. The highest BCUT2D eigenvalue weighted by atomic mass is 16.8. The van der Waals surface area contributed by atoms with Crippen LogP contribution in [0.15, 0.2) is 49.0 Å². The molecule has 0 bridgehead atoms. The van der Waals surface area contributed by atoms with Crippen molar-refractivity contribution in [1.82, 2.24) is 0 Å². The second-order valence-corrected chi connectivity index (χ2v) is 2.57. The van der Waals surface area contributed by atoms with E-state index in [-0.39, 0.29) is 12.6 Å². The highest BCUT2D eigenvalue weighted by Crippen LogP contribution is 2.11. The van der Waals surface area contributed by atoms with Crippen molar-refractivity contribution in [3.8, 4) is 0 Å². The molecule has 0 N–H and O–H groups in total. The molecular formula is C10H10O3. The minimum Gasteiger partial charge on any atom is -0.469 e. The lowest BCUT2D eigenvalue weighted by molar-refractivity contribution is -0.172. The van der Waals surface area contributed by atoms with Crippen molar-refractivity contribution in [2.45, 2.75) is 12.6 Å². The van der Waals surface area contributed by atoms with Crippen molar-refractivity contribution < 1.29 is 14.2 Å². The van der Waals surface area contributed by atoms with Gasteiger partial charge >= 0.3 is 0 Å². The van der Waals surface area contributed by atoms with E-state index in [0.29, 0.717) is 0 Å². The Morgan fingerprint density at radius 2 is 1.31 bits per heavy atom. The average molecular weight is 178 g/mol. The largest absolute Gasteiger partial charge is 0.469 e. The monoisotopic (exact) mass is 178 g/mol. The van der Waals surface area contributed by atoms with E-state index in [0.717, 1.165) is 0 Å². The van der Waals surface area contributed by atoms with Crippen LogP contribution < -0.4 is 0 Å². The molecule has 2 heterocycles. The molecule has 13 heavy (non-hydrogen) atoms. The van der Waals surface area contributed by atoms with Gasteiger partial charge in [-0.05, 0) is 24.3 Å². The fourth-order valence-electron chi connectivity index (χ4n) is 1.02. The van der Waals surface area contributed by atoms with Gasteiger partial charge in [0.2, 0.25) is 12.6 Å². The van der Waals surface area contributed by atoms with Crippen molar-refractivity contribution in [3.05, 3.63) is 49.0 Å². The molecule has 0 aromatic heterocycles. The summed E-state index contributed by atoms with van der Waals surface area (Å²) < 4.78 is 15.7. The zero-order valence-electron chi connectivity index (χ0n) is 7.00. The normalized spacial score (nSPS) is 29.8. The van der Waals surface area contributed by atoms with Gasteiger partial charge in [0, 0.05) is 0 Å². The number of rotatable bonds is 2. The Balaban J connectivity index is 1.84.